The molecule has 0 saturated heterocycles. The molecule has 0 fully saturated rings. The van der Waals surface area contributed by atoms with Crippen molar-refractivity contribution in [2.24, 2.45) is 0 Å². The quantitative estimate of drug-likeness (QED) is 0.560. The van der Waals surface area contributed by atoms with Crippen molar-refractivity contribution in [3.63, 3.8) is 0 Å². The van der Waals surface area contributed by atoms with E-state index in [0.717, 1.165) is 4.90 Å². The molecular weight excluding hydrogens is 357 g/mol. The molecule has 1 heterocycles. The minimum absolute atomic E-state index is 0.0715. The molecule has 1 atom stereocenters. The molecule has 1 unspecified atom stereocenters. The molecule has 0 bridgehead atoms. The van der Waals surface area contributed by atoms with Gasteiger partial charge in [-0.05, 0) is 0 Å². The van der Waals surface area contributed by atoms with Gasteiger partial charge in [-0.1, -0.05) is 30.3 Å². The van der Waals surface area contributed by atoms with Crippen molar-refractivity contribution < 1.29 is 37.3 Å². The fourth-order valence-corrected chi connectivity index (χ4v) is 2.19. The molecule has 0 aromatic heterocycles. The number of alkyl halides is 3. The van der Waals surface area contributed by atoms with Gasteiger partial charge in [-0.25, -0.2) is 4.79 Å². The molecule has 2 N–H and O–H groups in total. The number of methoxy groups -OCH3 is 1. The fraction of sp³-hybridized carbons (Fsp3) is 0.375. The maximum atomic E-state index is 13.4. The molecule has 2 amide bonds. The van der Waals surface area contributed by atoms with Crippen LogP contribution in [-0.4, -0.2) is 60.8 Å². The van der Waals surface area contributed by atoms with Crippen LogP contribution in [0.5, 0.6) is 0 Å². The lowest BCUT2D eigenvalue weighted by atomic mass is 9.93. The number of carbonyl (C=O) groups excluding carboxylic acids is 2. The number of carbonyl (C=O) groups is 2. The van der Waals surface area contributed by atoms with Gasteiger partial charge >= 0.3 is 12.2 Å². The van der Waals surface area contributed by atoms with Crippen molar-refractivity contribution in [2.45, 2.75) is 11.9 Å². The number of aliphatic hydroxyl groups is 1. The molecule has 1 aromatic rings. The summed E-state index contributed by atoms with van der Waals surface area (Å²) in [6.45, 7) is -0.129. The van der Waals surface area contributed by atoms with Gasteiger partial charge in [-0.15, -0.1) is 0 Å². The van der Waals surface area contributed by atoms with E-state index in [1.807, 2.05) is 0 Å². The van der Waals surface area contributed by atoms with Crippen LogP contribution < -0.4 is 5.32 Å². The molecule has 0 saturated carbocycles. The number of hydrogen-bond acceptors (Lipinski definition) is 5. The molecule has 142 valence electrons. The summed E-state index contributed by atoms with van der Waals surface area (Å²) in [6, 6.07) is 5.86. The maximum absolute atomic E-state index is 13.4. The van der Waals surface area contributed by atoms with Crippen LogP contribution in [0.3, 0.4) is 0 Å². The third kappa shape index (κ3) is 4.03. The highest BCUT2D eigenvalue weighted by Crippen LogP contribution is 2.37. The SMILES string of the molecule is COCCOCN1C=C(C(=O)c2ccccc2)C(O)(C(F)(F)F)NC1=O. The summed E-state index contributed by atoms with van der Waals surface area (Å²) in [7, 11) is 1.43. The average Bonchev–Trinajstić information content (AvgIpc) is 2.59. The number of urea groups is 1. The lowest BCUT2D eigenvalue weighted by molar-refractivity contribution is -0.252. The van der Waals surface area contributed by atoms with Crippen molar-refractivity contribution in [1.82, 2.24) is 10.2 Å². The Balaban J connectivity index is 2.37. The minimum Gasteiger partial charge on any atom is -0.382 e. The number of ketones is 1. The first-order valence-electron chi connectivity index (χ1n) is 7.47. The first kappa shape index (κ1) is 19.9. The molecular formula is C16H17F3N2O5. The van der Waals surface area contributed by atoms with Gasteiger partial charge in [-0.2, -0.15) is 13.2 Å². The monoisotopic (exact) mass is 374 g/mol. The number of benzene rings is 1. The van der Waals surface area contributed by atoms with E-state index < -0.39 is 36.0 Å². The van der Waals surface area contributed by atoms with E-state index >= 15 is 0 Å². The zero-order valence-electron chi connectivity index (χ0n) is 13.7. The number of rotatable bonds is 7. The first-order valence-corrected chi connectivity index (χ1v) is 7.47. The highest BCUT2D eigenvalue weighted by molar-refractivity contribution is 6.11. The largest absolute Gasteiger partial charge is 0.441 e. The lowest BCUT2D eigenvalue weighted by Gasteiger charge is -2.38. The van der Waals surface area contributed by atoms with E-state index in [4.69, 9.17) is 9.47 Å². The van der Waals surface area contributed by atoms with Crippen molar-refractivity contribution >= 4 is 11.8 Å². The van der Waals surface area contributed by atoms with Crippen LogP contribution in [-0.2, 0) is 9.47 Å². The van der Waals surface area contributed by atoms with Crippen LogP contribution in [0.4, 0.5) is 18.0 Å². The third-order valence-electron chi connectivity index (χ3n) is 3.58. The number of halogens is 3. The number of hydrogen-bond donors (Lipinski definition) is 2. The Morgan fingerprint density at radius 3 is 2.50 bits per heavy atom. The van der Waals surface area contributed by atoms with Gasteiger partial charge in [0.1, 0.15) is 6.73 Å². The average molecular weight is 374 g/mol. The molecule has 0 spiro atoms. The van der Waals surface area contributed by atoms with E-state index in [1.165, 1.54) is 36.7 Å². The van der Waals surface area contributed by atoms with Crippen molar-refractivity contribution in [2.75, 3.05) is 27.1 Å². The number of nitrogens with one attached hydrogen (secondary N) is 1. The fourth-order valence-electron chi connectivity index (χ4n) is 2.19. The molecule has 10 heteroatoms. The topological polar surface area (TPSA) is 88.1 Å². The smallest absolute Gasteiger partial charge is 0.382 e. The van der Waals surface area contributed by atoms with E-state index in [1.54, 1.807) is 6.07 Å². The Morgan fingerprint density at radius 2 is 1.92 bits per heavy atom. The third-order valence-corrected chi connectivity index (χ3v) is 3.58. The van der Waals surface area contributed by atoms with Gasteiger partial charge in [-0.3, -0.25) is 15.0 Å². The predicted molar refractivity (Wildman–Crippen MR) is 82.9 cm³/mol. The van der Waals surface area contributed by atoms with E-state index in [-0.39, 0.29) is 18.8 Å². The van der Waals surface area contributed by atoms with Gasteiger partial charge in [0, 0.05) is 18.9 Å². The highest BCUT2D eigenvalue weighted by Gasteiger charge is 2.61. The van der Waals surface area contributed by atoms with E-state index in [0.29, 0.717) is 6.20 Å². The van der Waals surface area contributed by atoms with Gasteiger partial charge in [0.15, 0.2) is 5.78 Å². The summed E-state index contributed by atoms with van der Waals surface area (Å²) in [6.07, 6.45) is -4.66. The molecule has 1 aliphatic rings. The predicted octanol–water partition coefficient (Wildman–Crippen LogP) is 1.65. The summed E-state index contributed by atoms with van der Waals surface area (Å²) in [5.41, 5.74) is -4.91. The Bertz CT molecular complexity index is 693. The number of ether oxygens (including phenoxy) is 2. The second kappa shape index (κ2) is 7.85. The molecule has 0 aliphatic carbocycles. The zero-order valence-corrected chi connectivity index (χ0v) is 13.7. The molecule has 1 aliphatic heterocycles. The number of amides is 2. The van der Waals surface area contributed by atoms with Gasteiger partial charge in [0.05, 0.1) is 18.8 Å². The zero-order chi connectivity index (χ0) is 19.4. The lowest BCUT2D eigenvalue weighted by Crippen LogP contribution is -2.66. The number of Topliss-reactive ketones (excluding diaryl/α,β-unsaturated/α-hetero) is 1. The molecule has 26 heavy (non-hydrogen) atoms. The standard InChI is InChI=1S/C16H17F3N2O5/c1-25-7-8-26-10-21-9-12(13(22)11-5-3-2-4-6-11)15(24,16(17,18)19)20-14(21)23/h2-6,9,24H,7-8,10H2,1H3,(H,20,23). The van der Waals surface area contributed by atoms with Crippen molar-refractivity contribution in [1.29, 1.82) is 0 Å². The Morgan fingerprint density at radius 1 is 1.27 bits per heavy atom. The van der Waals surface area contributed by atoms with Crippen LogP contribution in [0.15, 0.2) is 42.1 Å². The van der Waals surface area contributed by atoms with Crippen LogP contribution in [0, 0.1) is 0 Å². The summed E-state index contributed by atoms with van der Waals surface area (Å²) in [5, 5.41) is 11.5. The molecule has 7 nitrogen and oxygen atoms in total. The number of nitrogens with zero attached hydrogens (tertiary/aromatic N) is 1. The molecule has 1 aromatic carbocycles. The summed E-state index contributed by atoms with van der Waals surface area (Å²) < 4.78 is 50.0. The van der Waals surface area contributed by atoms with Crippen molar-refractivity contribution in [3.8, 4) is 0 Å². The second-order valence-electron chi connectivity index (χ2n) is 5.38. The highest BCUT2D eigenvalue weighted by atomic mass is 19.4. The van der Waals surface area contributed by atoms with Crippen molar-refractivity contribution in [3.05, 3.63) is 47.7 Å². The summed E-state index contributed by atoms with van der Waals surface area (Å²) >= 11 is 0. The second-order valence-corrected chi connectivity index (χ2v) is 5.38. The van der Waals surface area contributed by atoms with Crippen LogP contribution in [0.2, 0.25) is 0 Å². The Kier molecular flexibility index (Phi) is 6.01. The molecule has 0 radical (unpaired) electrons. The van der Waals surface area contributed by atoms with Crippen LogP contribution >= 0.6 is 0 Å². The first-order chi connectivity index (χ1) is 12.2. The van der Waals surface area contributed by atoms with Gasteiger partial charge in [0.2, 0.25) is 0 Å². The Labute approximate surface area is 147 Å². The van der Waals surface area contributed by atoms with Crippen LogP contribution in [0.1, 0.15) is 10.4 Å². The summed E-state index contributed by atoms with van der Waals surface area (Å²) in [4.78, 5) is 25.2. The maximum Gasteiger partial charge on any atom is 0.441 e. The summed E-state index contributed by atoms with van der Waals surface area (Å²) in [5.74, 6) is -1.08. The van der Waals surface area contributed by atoms with E-state index in [2.05, 4.69) is 0 Å². The minimum atomic E-state index is -5.30. The molecule has 2 rings (SSSR count). The van der Waals surface area contributed by atoms with Gasteiger partial charge < -0.3 is 14.6 Å². The van der Waals surface area contributed by atoms with Crippen LogP contribution in [0.25, 0.3) is 0 Å². The van der Waals surface area contributed by atoms with Gasteiger partial charge in [0.25, 0.3) is 5.72 Å². The normalized spacial score (nSPS) is 20.6. The Hall–Kier alpha value is -2.43. The van der Waals surface area contributed by atoms with E-state index in [9.17, 15) is 27.9 Å².